The molecule has 2 fully saturated rings. The summed E-state index contributed by atoms with van der Waals surface area (Å²) in [6, 6.07) is 10.5. The van der Waals surface area contributed by atoms with Gasteiger partial charge in [0.15, 0.2) is 0 Å². The van der Waals surface area contributed by atoms with Gasteiger partial charge in [0.05, 0.1) is 28.6 Å². The number of carbonyl (C=O) groups is 4. The van der Waals surface area contributed by atoms with E-state index in [9.17, 15) is 19.2 Å². The molecule has 1 saturated carbocycles. The smallest absolute Gasteiger partial charge is 0.262 e. The molecule has 4 heterocycles. The number of piperidine rings is 1. The maximum Gasteiger partial charge on any atom is 0.262 e. The molecule has 0 bridgehead atoms. The SMILES string of the molecule is Cc1cccc(-c2cn(C3CC(CNc4ccc5c(c4)C(=O)N(C4CCC(=O)NC4=O)C5=O)C3)nc2C)n1. The fourth-order valence-corrected chi connectivity index (χ4v) is 5.54. The predicted molar refractivity (Wildman–Crippen MR) is 138 cm³/mol. The van der Waals surface area contributed by atoms with Crippen molar-refractivity contribution in [3.05, 3.63) is 65.1 Å². The maximum absolute atomic E-state index is 13.0. The van der Waals surface area contributed by atoms with Crippen molar-refractivity contribution in [1.82, 2.24) is 25.0 Å². The molecular weight excluding hydrogens is 484 g/mol. The highest BCUT2D eigenvalue weighted by molar-refractivity contribution is 6.23. The molecule has 0 radical (unpaired) electrons. The average molecular weight is 513 g/mol. The van der Waals surface area contributed by atoms with Crippen molar-refractivity contribution in [3.8, 4) is 11.3 Å². The molecule has 2 N–H and O–H groups in total. The lowest BCUT2D eigenvalue weighted by atomic mass is 9.80. The summed E-state index contributed by atoms with van der Waals surface area (Å²) in [5.41, 5.74) is 5.24. The van der Waals surface area contributed by atoms with Gasteiger partial charge in [0, 0.05) is 36.1 Å². The van der Waals surface area contributed by atoms with Gasteiger partial charge in [-0.15, -0.1) is 0 Å². The van der Waals surface area contributed by atoms with Gasteiger partial charge in [0.1, 0.15) is 6.04 Å². The van der Waals surface area contributed by atoms with Crippen molar-refractivity contribution in [2.45, 2.75) is 51.6 Å². The van der Waals surface area contributed by atoms with E-state index < -0.39 is 23.8 Å². The first-order valence-corrected chi connectivity index (χ1v) is 12.9. The Labute approximate surface area is 219 Å². The van der Waals surface area contributed by atoms with E-state index in [0.717, 1.165) is 52.6 Å². The molecular formula is C28H28N6O4. The van der Waals surface area contributed by atoms with Gasteiger partial charge in [-0.25, -0.2) is 0 Å². The quantitative estimate of drug-likeness (QED) is 0.486. The normalized spacial score (nSPS) is 22.8. The predicted octanol–water partition coefficient (Wildman–Crippen LogP) is 3.03. The van der Waals surface area contributed by atoms with E-state index in [2.05, 4.69) is 26.5 Å². The Morgan fingerprint density at radius 2 is 1.79 bits per heavy atom. The number of aromatic nitrogens is 3. The molecule has 0 spiro atoms. The van der Waals surface area contributed by atoms with Crippen molar-refractivity contribution in [1.29, 1.82) is 0 Å². The van der Waals surface area contributed by atoms with Crippen LogP contribution in [-0.2, 0) is 9.59 Å². The summed E-state index contributed by atoms with van der Waals surface area (Å²) in [5, 5.41) is 10.3. The monoisotopic (exact) mass is 512 g/mol. The van der Waals surface area contributed by atoms with Gasteiger partial charge in [0.25, 0.3) is 11.8 Å². The van der Waals surface area contributed by atoms with Crippen molar-refractivity contribution in [3.63, 3.8) is 0 Å². The van der Waals surface area contributed by atoms with E-state index in [1.165, 1.54) is 0 Å². The van der Waals surface area contributed by atoms with Crippen LogP contribution in [0.4, 0.5) is 5.69 Å². The Bertz CT molecular complexity index is 1490. The largest absolute Gasteiger partial charge is 0.385 e. The first-order valence-electron chi connectivity index (χ1n) is 12.9. The first kappa shape index (κ1) is 24.0. The highest BCUT2D eigenvalue weighted by Crippen LogP contribution is 2.39. The van der Waals surface area contributed by atoms with Gasteiger partial charge in [0.2, 0.25) is 11.8 Å². The van der Waals surface area contributed by atoms with Gasteiger partial charge in [-0.3, -0.25) is 39.1 Å². The number of hydrogen-bond donors (Lipinski definition) is 2. The summed E-state index contributed by atoms with van der Waals surface area (Å²) in [5.74, 6) is -1.54. The summed E-state index contributed by atoms with van der Waals surface area (Å²) >= 11 is 0. The summed E-state index contributed by atoms with van der Waals surface area (Å²) < 4.78 is 2.05. The number of imide groups is 2. The number of fused-ring (bicyclic) bond motifs is 1. The molecule has 2 aliphatic heterocycles. The molecule has 1 aliphatic carbocycles. The Balaban J connectivity index is 1.07. The molecule has 1 unspecified atom stereocenters. The fraction of sp³-hybridized carbons (Fsp3) is 0.357. The number of hydrogen-bond acceptors (Lipinski definition) is 7. The minimum absolute atomic E-state index is 0.0984. The zero-order valence-corrected chi connectivity index (χ0v) is 21.2. The Morgan fingerprint density at radius 3 is 2.55 bits per heavy atom. The van der Waals surface area contributed by atoms with Gasteiger partial charge in [-0.05, 0) is 69.4 Å². The number of amides is 4. The third-order valence-corrected chi connectivity index (χ3v) is 7.70. The summed E-state index contributed by atoms with van der Waals surface area (Å²) in [4.78, 5) is 55.2. The maximum atomic E-state index is 13.0. The summed E-state index contributed by atoms with van der Waals surface area (Å²) in [7, 11) is 0. The number of nitrogens with one attached hydrogen (secondary N) is 2. The second-order valence-electron chi connectivity index (χ2n) is 10.4. The van der Waals surface area contributed by atoms with Crippen LogP contribution in [0, 0.1) is 19.8 Å². The average Bonchev–Trinajstić information content (AvgIpc) is 3.35. The number of rotatable bonds is 6. The molecule has 38 heavy (non-hydrogen) atoms. The van der Waals surface area contributed by atoms with E-state index >= 15 is 0 Å². The lowest BCUT2D eigenvalue weighted by molar-refractivity contribution is -0.136. The Morgan fingerprint density at radius 1 is 1.00 bits per heavy atom. The minimum atomic E-state index is -0.962. The van der Waals surface area contributed by atoms with Crippen molar-refractivity contribution >= 4 is 29.3 Å². The molecule has 3 aromatic rings. The molecule has 1 atom stereocenters. The number of anilines is 1. The first-order chi connectivity index (χ1) is 18.3. The van der Waals surface area contributed by atoms with Gasteiger partial charge < -0.3 is 5.32 Å². The topological polar surface area (TPSA) is 126 Å². The molecule has 194 valence electrons. The summed E-state index contributed by atoms with van der Waals surface area (Å²) in [6.07, 6.45) is 4.30. The Kier molecular flexibility index (Phi) is 5.81. The van der Waals surface area contributed by atoms with E-state index in [4.69, 9.17) is 5.10 Å². The van der Waals surface area contributed by atoms with Crippen LogP contribution in [0.1, 0.15) is 63.8 Å². The third kappa shape index (κ3) is 4.15. The molecule has 1 saturated heterocycles. The number of aryl methyl sites for hydroxylation is 2. The molecule has 6 rings (SSSR count). The van der Waals surface area contributed by atoms with Crippen LogP contribution in [-0.4, -0.2) is 55.9 Å². The number of nitrogens with zero attached hydrogens (tertiary/aromatic N) is 4. The number of benzene rings is 1. The molecule has 10 heteroatoms. The van der Waals surface area contributed by atoms with Crippen LogP contribution >= 0.6 is 0 Å². The second kappa shape index (κ2) is 9.20. The van der Waals surface area contributed by atoms with E-state index in [1.807, 2.05) is 32.0 Å². The van der Waals surface area contributed by atoms with Crippen LogP contribution in [0.2, 0.25) is 0 Å². The Hall–Kier alpha value is -4.34. The van der Waals surface area contributed by atoms with Gasteiger partial charge in [-0.1, -0.05) is 6.07 Å². The number of carbonyl (C=O) groups excluding carboxylic acids is 4. The van der Waals surface area contributed by atoms with Crippen molar-refractivity contribution < 1.29 is 19.2 Å². The van der Waals surface area contributed by atoms with E-state index in [0.29, 0.717) is 12.0 Å². The lowest BCUT2D eigenvalue weighted by Crippen LogP contribution is -2.54. The fourth-order valence-electron chi connectivity index (χ4n) is 5.54. The molecule has 4 amide bonds. The van der Waals surface area contributed by atoms with Crippen LogP contribution in [0.15, 0.2) is 42.6 Å². The molecule has 3 aliphatic rings. The van der Waals surface area contributed by atoms with Gasteiger partial charge >= 0.3 is 0 Å². The zero-order chi connectivity index (χ0) is 26.6. The van der Waals surface area contributed by atoms with Crippen LogP contribution < -0.4 is 10.6 Å². The van der Waals surface area contributed by atoms with Crippen molar-refractivity contribution in [2.75, 3.05) is 11.9 Å². The minimum Gasteiger partial charge on any atom is -0.385 e. The zero-order valence-electron chi connectivity index (χ0n) is 21.2. The van der Waals surface area contributed by atoms with Crippen LogP contribution in [0.3, 0.4) is 0 Å². The molecule has 10 nitrogen and oxygen atoms in total. The van der Waals surface area contributed by atoms with Crippen LogP contribution in [0.5, 0.6) is 0 Å². The highest BCUT2D eigenvalue weighted by Gasteiger charge is 2.44. The van der Waals surface area contributed by atoms with Crippen molar-refractivity contribution in [2.24, 2.45) is 5.92 Å². The number of pyridine rings is 1. The van der Waals surface area contributed by atoms with Crippen LogP contribution in [0.25, 0.3) is 11.3 Å². The lowest BCUT2D eigenvalue weighted by Gasteiger charge is -2.35. The molecule has 1 aromatic carbocycles. The third-order valence-electron chi connectivity index (χ3n) is 7.70. The molecule has 2 aromatic heterocycles. The summed E-state index contributed by atoms with van der Waals surface area (Å²) in [6.45, 7) is 4.73. The standard InChI is InChI=1S/C28H28N6O4/c1-15-4-3-5-23(30-15)22-14-33(32-16(22)2)19-10-17(11-19)13-29-18-6-7-20-21(12-18)28(38)34(27(20)37)24-8-9-25(35)31-26(24)36/h3-7,12,14,17,19,24,29H,8-11,13H2,1-2H3,(H,31,35,36). The van der Waals surface area contributed by atoms with E-state index in [-0.39, 0.29) is 29.9 Å². The highest BCUT2D eigenvalue weighted by atomic mass is 16.2. The second-order valence-corrected chi connectivity index (χ2v) is 10.4. The van der Waals surface area contributed by atoms with Gasteiger partial charge in [-0.2, -0.15) is 5.10 Å². The van der Waals surface area contributed by atoms with E-state index in [1.54, 1.807) is 18.2 Å².